The van der Waals surface area contributed by atoms with Gasteiger partial charge in [0.2, 0.25) is 11.7 Å². The lowest BCUT2D eigenvalue weighted by molar-refractivity contribution is -0.132. The summed E-state index contributed by atoms with van der Waals surface area (Å²) >= 11 is 1.29. The number of rotatable bonds is 6. The molecule has 0 radical (unpaired) electrons. The minimum atomic E-state index is -0.443. The van der Waals surface area contributed by atoms with Gasteiger partial charge in [-0.15, -0.1) is 16.4 Å². The maximum atomic E-state index is 14.1. The number of unbranched alkanes of at least 4 members (excludes halogenated alkanes) is 1. The SMILES string of the molecule is CCCCn1c(=O)c2sccc2n2c(=O)n(CC(=O)N3CCN(c4ccccc4F)CC3)nc12. The van der Waals surface area contributed by atoms with Crippen molar-refractivity contribution in [2.45, 2.75) is 32.9 Å². The summed E-state index contributed by atoms with van der Waals surface area (Å²) in [7, 11) is 0. The van der Waals surface area contributed by atoms with Crippen molar-refractivity contribution in [3.63, 3.8) is 0 Å². The highest BCUT2D eigenvalue weighted by Gasteiger charge is 2.25. The van der Waals surface area contributed by atoms with E-state index in [0.717, 1.165) is 17.5 Å². The molecule has 178 valence electrons. The Bertz CT molecular complexity index is 1480. The van der Waals surface area contributed by atoms with Crippen LogP contribution in [-0.2, 0) is 17.9 Å². The molecule has 5 rings (SSSR count). The third-order valence-corrected chi connectivity index (χ3v) is 7.13. The van der Waals surface area contributed by atoms with Gasteiger partial charge in [-0.2, -0.15) is 0 Å². The summed E-state index contributed by atoms with van der Waals surface area (Å²) in [4.78, 5) is 42.8. The van der Waals surface area contributed by atoms with Crippen LogP contribution < -0.4 is 16.1 Å². The zero-order valence-corrected chi connectivity index (χ0v) is 19.6. The van der Waals surface area contributed by atoms with Crippen molar-refractivity contribution in [3.05, 3.63) is 62.4 Å². The van der Waals surface area contributed by atoms with Crippen LogP contribution in [0.5, 0.6) is 0 Å². The van der Waals surface area contributed by atoms with Gasteiger partial charge >= 0.3 is 5.69 Å². The monoisotopic (exact) mass is 484 g/mol. The minimum absolute atomic E-state index is 0.168. The lowest BCUT2D eigenvalue weighted by atomic mass is 10.2. The predicted molar refractivity (Wildman–Crippen MR) is 129 cm³/mol. The quantitative estimate of drug-likeness (QED) is 0.419. The molecule has 9 nitrogen and oxygen atoms in total. The molecule has 0 spiro atoms. The number of fused-ring (bicyclic) bond motifs is 3. The largest absolute Gasteiger partial charge is 0.366 e. The number of carbonyl (C=O) groups is 1. The number of para-hydroxylation sites is 1. The summed E-state index contributed by atoms with van der Waals surface area (Å²) < 4.78 is 18.7. The normalized spacial score (nSPS) is 14.4. The molecule has 1 amide bonds. The minimum Gasteiger partial charge on any atom is -0.366 e. The Morgan fingerprint density at radius 1 is 1.12 bits per heavy atom. The van der Waals surface area contributed by atoms with Crippen molar-refractivity contribution in [1.82, 2.24) is 23.6 Å². The van der Waals surface area contributed by atoms with E-state index in [1.165, 1.54) is 26.4 Å². The van der Waals surface area contributed by atoms with Gasteiger partial charge in [0, 0.05) is 32.7 Å². The molecule has 0 unspecified atom stereocenters. The molecule has 3 aromatic heterocycles. The fraction of sp³-hybridized carbons (Fsp3) is 0.391. The first-order valence-corrected chi connectivity index (χ1v) is 12.2. The lowest BCUT2D eigenvalue weighted by Gasteiger charge is -2.36. The Kier molecular flexibility index (Phi) is 5.94. The average Bonchev–Trinajstić information content (AvgIpc) is 3.45. The maximum absolute atomic E-state index is 14.1. The van der Waals surface area contributed by atoms with Crippen LogP contribution in [0.4, 0.5) is 10.1 Å². The van der Waals surface area contributed by atoms with Gasteiger partial charge in [-0.1, -0.05) is 25.5 Å². The third kappa shape index (κ3) is 3.79. The molecule has 11 heteroatoms. The Hall–Kier alpha value is -3.47. The Morgan fingerprint density at radius 2 is 1.88 bits per heavy atom. The fourth-order valence-corrected chi connectivity index (χ4v) is 5.21. The zero-order valence-electron chi connectivity index (χ0n) is 18.8. The molecule has 34 heavy (non-hydrogen) atoms. The van der Waals surface area contributed by atoms with E-state index in [9.17, 15) is 18.8 Å². The smallest absolute Gasteiger partial charge is 0.352 e. The van der Waals surface area contributed by atoms with Crippen molar-refractivity contribution in [3.8, 4) is 0 Å². The van der Waals surface area contributed by atoms with E-state index in [1.807, 2.05) is 11.8 Å². The second-order valence-corrected chi connectivity index (χ2v) is 9.26. The molecule has 1 aliphatic heterocycles. The highest BCUT2D eigenvalue weighted by molar-refractivity contribution is 7.17. The van der Waals surface area contributed by atoms with Crippen LogP contribution in [0.25, 0.3) is 16.0 Å². The van der Waals surface area contributed by atoms with Crippen LogP contribution in [0.2, 0.25) is 0 Å². The van der Waals surface area contributed by atoms with Crippen LogP contribution in [0.15, 0.2) is 45.3 Å². The Balaban J connectivity index is 1.40. The first kappa shape index (κ1) is 22.3. The Labute approximate surface area is 198 Å². The molecule has 1 saturated heterocycles. The van der Waals surface area contributed by atoms with Crippen molar-refractivity contribution in [2.24, 2.45) is 0 Å². The summed E-state index contributed by atoms with van der Waals surface area (Å²) in [5, 5.41) is 6.17. The predicted octanol–water partition coefficient (Wildman–Crippen LogP) is 2.16. The second-order valence-electron chi connectivity index (χ2n) is 8.34. The number of amides is 1. The van der Waals surface area contributed by atoms with Gasteiger partial charge in [0.25, 0.3) is 5.56 Å². The van der Waals surface area contributed by atoms with E-state index in [1.54, 1.807) is 34.5 Å². The summed E-state index contributed by atoms with van der Waals surface area (Å²) in [6.45, 7) is 4.11. The third-order valence-electron chi connectivity index (χ3n) is 6.23. The number of anilines is 1. The van der Waals surface area contributed by atoms with Crippen LogP contribution >= 0.6 is 11.3 Å². The number of benzene rings is 1. The number of thiophene rings is 1. The molecule has 0 N–H and O–H groups in total. The molecule has 4 heterocycles. The number of carbonyl (C=O) groups excluding carboxylic acids is 1. The van der Waals surface area contributed by atoms with Crippen molar-refractivity contribution < 1.29 is 9.18 Å². The summed E-state index contributed by atoms with van der Waals surface area (Å²) in [5.74, 6) is -0.262. The molecule has 1 fully saturated rings. The van der Waals surface area contributed by atoms with Gasteiger partial charge in [-0.05, 0) is 30.0 Å². The van der Waals surface area contributed by atoms with Crippen molar-refractivity contribution in [1.29, 1.82) is 0 Å². The number of hydrogen-bond donors (Lipinski definition) is 0. The summed E-state index contributed by atoms with van der Waals surface area (Å²) in [6, 6.07) is 8.32. The van der Waals surface area contributed by atoms with Gasteiger partial charge in [0.15, 0.2) is 0 Å². The highest BCUT2D eigenvalue weighted by atomic mass is 32.1. The van der Waals surface area contributed by atoms with E-state index in [2.05, 4.69) is 5.10 Å². The number of piperazine rings is 1. The number of nitrogens with zero attached hydrogens (tertiary/aromatic N) is 6. The second kappa shape index (κ2) is 9.05. The van der Waals surface area contributed by atoms with Crippen LogP contribution in [-0.4, -0.2) is 55.7 Å². The van der Waals surface area contributed by atoms with E-state index in [4.69, 9.17) is 0 Å². The number of aromatic nitrogens is 4. The van der Waals surface area contributed by atoms with Crippen LogP contribution in [0.3, 0.4) is 0 Å². The van der Waals surface area contributed by atoms with Crippen LogP contribution in [0.1, 0.15) is 19.8 Å². The van der Waals surface area contributed by atoms with Gasteiger partial charge in [-0.25, -0.2) is 18.3 Å². The fourth-order valence-electron chi connectivity index (χ4n) is 4.39. The lowest BCUT2D eigenvalue weighted by Crippen LogP contribution is -2.50. The van der Waals surface area contributed by atoms with Crippen molar-refractivity contribution in [2.75, 3.05) is 31.1 Å². The Morgan fingerprint density at radius 3 is 2.62 bits per heavy atom. The van der Waals surface area contributed by atoms with Gasteiger partial charge < -0.3 is 9.80 Å². The van der Waals surface area contributed by atoms with Gasteiger partial charge in [0.05, 0.1) is 11.2 Å². The maximum Gasteiger partial charge on any atom is 0.352 e. The summed E-state index contributed by atoms with van der Waals surface area (Å²) in [6.07, 6.45) is 1.67. The highest BCUT2D eigenvalue weighted by Crippen LogP contribution is 2.20. The molecule has 0 bridgehead atoms. The van der Waals surface area contributed by atoms with Gasteiger partial charge in [-0.3, -0.25) is 14.2 Å². The van der Waals surface area contributed by atoms with E-state index >= 15 is 0 Å². The van der Waals surface area contributed by atoms with E-state index in [-0.39, 0.29) is 29.6 Å². The first-order valence-electron chi connectivity index (χ1n) is 11.4. The molecule has 1 aliphatic rings. The topological polar surface area (TPSA) is 84.8 Å². The van der Waals surface area contributed by atoms with E-state index < -0.39 is 5.69 Å². The number of aryl methyl sites for hydroxylation is 1. The van der Waals surface area contributed by atoms with Crippen LogP contribution in [0, 0.1) is 5.82 Å². The van der Waals surface area contributed by atoms with E-state index in [0.29, 0.717) is 48.6 Å². The van der Waals surface area contributed by atoms with Crippen molar-refractivity contribution >= 4 is 38.9 Å². The average molecular weight is 485 g/mol. The van der Waals surface area contributed by atoms with Gasteiger partial charge in [0.1, 0.15) is 17.1 Å². The molecular weight excluding hydrogens is 459 g/mol. The standard InChI is InChI=1S/C23H25FN6O3S/c1-2-3-9-28-21(32)20-18(8-14-34-20)30-22(28)25-29(23(30)33)15-19(31)27-12-10-26(11-13-27)17-7-5-4-6-16(17)24/h4-8,14H,2-3,9-13,15H2,1H3. The number of hydrogen-bond acceptors (Lipinski definition) is 6. The molecule has 0 aliphatic carbocycles. The zero-order chi connectivity index (χ0) is 23.8. The molecular formula is C23H25FN6O3S. The molecule has 0 atom stereocenters. The molecule has 0 saturated carbocycles. The number of halogens is 1. The molecule has 1 aromatic carbocycles. The molecule has 4 aromatic rings. The first-order chi connectivity index (χ1) is 16.5. The summed E-state index contributed by atoms with van der Waals surface area (Å²) in [5.41, 5.74) is 0.427.